The van der Waals surface area contributed by atoms with E-state index < -0.39 is 5.91 Å². The highest BCUT2D eigenvalue weighted by Gasteiger charge is 2.14. The summed E-state index contributed by atoms with van der Waals surface area (Å²) >= 11 is 0. The van der Waals surface area contributed by atoms with Gasteiger partial charge >= 0.3 is 5.91 Å². The van der Waals surface area contributed by atoms with Crippen LogP contribution in [0.15, 0.2) is 47.6 Å². The van der Waals surface area contributed by atoms with Crippen molar-refractivity contribution in [3.8, 4) is 5.75 Å². The number of aromatic hydroxyl groups is 1. The predicted octanol–water partition coefficient (Wildman–Crippen LogP) is 2.36. The molecule has 2 heterocycles. The lowest BCUT2D eigenvalue weighted by atomic mass is 10.0. The fourth-order valence-corrected chi connectivity index (χ4v) is 2.89. The normalized spacial score (nSPS) is 11.5. The number of benzene rings is 2. The van der Waals surface area contributed by atoms with Crippen LogP contribution in [0.1, 0.15) is 27.6 Å². The average Bonchev–Trinajstić information content (AvgIpc) is 3.08. The summed E-state index contributed by atoms with van der Waals surface area (Å²) in [6, 6.07) is 12.8. The number of amides is 1. The molecule has 8 heteroatoms. The van der Waals surface area contributed by atoms with Crippen molar-refractivity contribution in [2.75, 3.05) is 0 Å². The van der Waals surface area contributed by atoms with Crippen LogP contribution in [0.5, 0.6) is 5.75 Å². The van der Waals surface area contributed by atoms with Crippen LogP contribution >= 0.6 is 0 Å². The van der Waals surface area contributed by atoms with Crippen LogP contribution in [-0.4, -0.2) is 36.8 Å². The van der Waals surface area contributed by atoms with Crippen LogP contribution in [0.4, 0.5) is 0 Å². The van der Waals surface area contributed by atoms with E-state index in [1.54, 1.807) is 6.07 Å². The van der Waals surface area contributed by atoms with E-state index in [0.29, 0.717) is 11.3 Å². The molecule has 0 unspecified atom stereocenters. The smallest absolute Gasteiger partial charge is 0.311 e. The summed E-state index contributed by atoms with van der Waals surface area (Å²) in [6.45, 7) is 3.71. The third-order valence-electron chi connectivity index (χ3n) is 4.13. The Morgan fingerprint density at radius 3 is 2.85 bits per heavy atom. The van der Waals surface area contributed by atoms with Crippen molar-refractivity contribution >= 4 is 28.7 Å². The van der Waals surface area contributed by atoms with E-state index in [-0.39, 0.29) is 11.6 Å². The van der Waals surface area contributed by atoms with E-state index in [1.165, 1.54) is 10.7 Å². The minimum absolute atomic E-state index is 0.0320. The molecule has 134 valence electrons. The molecule has 0 spiro atoms. The minimum atomic E-state index is -0.562. The highest BCUT2D eigenvalue weighted by molar-refractivity contribution is 6.02. The van der Waals surface area contributed by atoms with Crippen molar-refractivity contribution in [2.45, 2.75) is 13.8 Å². The van der Waals surface area contributed by atoms with Gasteiger partial charge in [-0.15, -0.1) is 5.10 Å². The maximum absolute atomic E-state index is 12.3. The number of hydrazone groups is 1. The van der Waals surface area contributed by atoms with Gasteiger partial charge in [0.25, 0.3) is 5.78 Å². The molecule has 2 aromatic heterocycles. The van der Waals surface area contributed by atoms with Gasteiger partial charge in [0.15, 0.2) is 0 Å². The second-order valence-corrected chi connectivity index (χ2v) is 6.10. The zero-order valence-corrected chi connectivity index (χ0v) is 14.7. The first kappa shape index (κ1) is 16.6. The highest BCUT2D eigenvalue weighted by Crippen LogP contribution is 2.25. The SMILES string of the molecule is Cc1cc(C)n2nc(C(=O)N/N=C/c3c(O)ccc4ccccc34)nc2n1. The van der Waals surface area contributed by atoms with Crippen LogP contribution in [0, 0.1) is 13.8 Å². The van der Waals surface area contributed by atoms with E-state index in [0.717, 1.165) is 22.2 Å². The molecule has 0 saturated heterocycles. The third kappa shape index (κ3) is 3.08. The lowest BCUT2D eigenvalue weighted by Gasteiger charge is -2.04. The zero-order valence-electron chi connectivity index (χ0n) is 14.7. The number of phenolic OH excluding ortho intramolecular Hbond substituents is 1. The first-order valence-electron chi connectivity index (χ1n) is 8.28. The highest BCUT2D eigenvalue weighted by atomic mass is 16.3. The summed E-state index contributed by atoms with van der Waals surface area (Å²) < 4.78 is 1.50. The Morgan fingerprint density at radius 1 is 1.19 bits per heavy atom. The van der Waals surface area contributed by atoms with Gasteiger partial charge in [-0.3, -0.25) is 4.79 Å². The third-order valence-corrected chi connectivity index (χ3v) is 4.13. The Labute approximate surface area is 154 Å². The van der Waals surface area contributed by atoms with E-state index in [2.05, 4.69) is 25.6 Å². The molecule has 0 aliphatic carbocycles. The van der Waals surface area contributed by atoms with Crippen LogP contribution < -0.4 is 5.43 Å². The second-order valence-electron chi connectivity index (χ2n) is 6.10. The molecule has 4 rings (SSSR count). The Bertz CT molecular complexity index is 1210. The second kappa shape index (κ2) is 6.49. The van der Waals surface area contributed by atoms with Gasteiger partial charge in [-0.1, -0.05) is 30.3 Å². The molecule has 0 aliphatic heterocycles. The monoisotopic (exact) mass is 360 g/mol. The first-order chi connectivity index (χ1) is 13.0. The minimum Gasteiger partial charge on any atom is -0.507 e. The van der Waals surface area contributed by atoms with Gasteiger partial charge in [0.05, 0.1) is 6.21 Å². The summed E-state index contributed by atoms with van der Waals surface area (Å²) in [5.41, 5.74) is 4.53. The number of nitrogens with one attached hydrogen (secondary N) is 1. The van der Waals surface area contributed by atoms with Crippen LogP contribution in [0.2, 0.25) is 0 Å². The number of hydrogen-bond donors (Lipinski definition) is 2. The van der Waals surface area contributed by atoms with Crippen molar-refractivity contribution in [1.82, 2.24) is 25.0 Å². The molecule has 4 aromatic rings. The standard InChI is InChI=1S/C19H16N6O2/c1-11-9-12(2)25-19(21-11)22-17(24-25)18(27)23-20-10-15-14-6-4-3-5-13(14)7-8-16(15)26/h3-10,26H,1-2H3,(H,23,27)/b20-10+. The van der Waals surface area contributed by atoms with Gasteiger partial charge in [-0.2, -0.15) is 10.1 Å². The summed E-state index contributed by atoms with van der Waals surface area (Å²) in [7, 11) is 0. The molecule has 27 heavy (non-hydrogen) atoms. The van der Waals surface area contributed by atoms with Crippen molar-refractivity contribution < 1.29 is 9.90 Å². The summed E-state index contributed by atoms with van der Waals surface area (Å²) in [4.78, 5) is 20.7. The number of aryl methyl sites for hydroxylation is 2. The number of fused-ring (bicyclic) bond motifs is 2. The molecule has 2 N–H and O–H groups in total. The van der Waals surface area contributed by atoms with Gasteiger partial charge in [-0.05, 0) is 36.8 Å². The summed E-state index contributed by atoms with van der Waals surface area (Å²) in [5.74, 6) is -0.162. The Morgan fingerprint density at radius 2 is 2.00 bits per heavy atom. The molecule has 0 aliphatic rings. The maximum atomic E-state index is 12.3. The number of carbonyl (C=O) groups excluding carboxylic acids is 1. The molecule has 2 aromatic carbocycles. The Hall–Kier alpha value is -3.81. The average molecular weight is 360 g/mol. The molecule has 8 nitrogen and oxygen atoms in total. The number of nitrogens with zero attached hydrogens (tertiary/aromatic N) is 5. The van der Waals surface area contributed by atoms with Gasteiger partial charge < -0.3 is 5.11 Å². The van der Waals surface area contributed by atoms with Crippen LogP contribution in [-0.2, 0) is 0 Å². The number of rotatable bonds is 3. The number of phenols is 1. The quantitative estimate of drug-likeness (QED) is 0.431. The lowest BCUT2D eigenvalue weighted by Crippen LogP contribution is -2.19. The number of hydrogen-bond acceptors (Lipinski definition) is 6. The Kier molecular flexibility index (Phi) is 4.00. The van der Waals surface area contributed by atoms with Crippen molar-refractivity contribution in [3.63, 3.8) is 0 Å². The molecule has 1 amide bonds. The number of carbonyl (C=O) groups is 1. The molecule has 0 fully saturated rings. The Balaban J connectivity index is 1.60. The number of aromatic nitrogens is 4. The van der Waals surface area contributed by atoms with E-state index in [1.807, 2.05) is 50.2 Å². The largest absolute Gasteiger partial charge is 0.507 e. The van der Waals surface area contributed by atoms with Crippen molar-refractivity contribution in [2.24, 2.45) is 5.10 Å². The first-order valence-corrected chi connectivity index (χ1v) is 8.28. The van der Waals surface area contributed by atoms with Gasteiger partial charge in [-0.25, -0.2) is 14.9 Å². The topological polar surface area (TPSA) is 105 Å². The molecular formula is C19H16N6O2. The predicted molar refractivity (Wildman–Crippen MR) is 101 cm³/mol. The van der Waals surface area contributed by atoms with Gasteiger partial charge in [0, 0.05) is 17.0 Å². The van der Waals surface area contributed by atoms with E-state index in [4.69, 9.17) is 0 Å². The molecular weight excluding hydrogens is 344 g/mol. The fraction of sp³-hybridized carbons (Fsp3) is 0.105. The lowest BCUT2D eigenvalue weighted by molar-refractivity contribution is 0.0945. The zero-order chi connectivity index (χ0) is 19.0. The van der Waals surface area contributed by atoms with Crippen molar-refractivity contribution in [1.29, 1.82) is 0 Å². The molecule has 0 bridgehead atoms. The molecule has 0 atom stereocenters. The van der Waals surface area contributed by atoms with Gasteiger partial charge in [0.1, 0.15) is 5.75 Å². The summed E-state index contributed by atoms with van der Waals surface area (Å²) in [5, 5.41) is 20.0. The van der Waals surface area contributed by atoms with Gasteiger partial charge in [0.2, 0.25) is 5.82 Å². The fourth-order valence-electron chi connectivity index (χ4n) is 2.89. The molecule has 0 radical (unpaired) electrons. The molecule has 0 saturated carbocycles. The van der Waals surface area contributed by atoms with Crippen LogP contribution in [0.25, 0.3) is 16.6 Å². The van der Waals surface area contributed by atoms with E-state index >= 15 is 0 Å². The van der Waals surface area contributed by atoms with E-state index in [9.17, 15) is 9.90 Å². The van der Waals surface area contributed by atoms with Crippen molar-refractivity contribution in [3.05, 3.63) is 65.2 Å². The van der Waals surface area contributed by atoms with Crippen LogP contribution in [0.3, 0.4) is 0 Å². The maximum Gasteiger partial charge on any atom is 0.311 e. The summed E-state index contributed by atoms with van der Waals surface area (Å²) in [6.07, 6.45) is 1.40.